The van der Waals surface area contributed by atoms with Crippen molar-refractivity contribution < 1.29 is 9.53 Å². The average molecular weight is 375 g/mol. The summed E-state index contributed by atoms with van der Waals surface area (Å²) in [6, 6.07) is 17.6. The maximum Gasteiger partial charge on any atom is 0.255 e. The number of ether oxygens (including phenoxy) is 1. The monoisotopic (exact) mass is 375 g/mol. The lowest BCUT2D eigenvalue weighted by atomic mass is 10.1. The van der Waals surface area contributed by atoms with Crippen LogP contribution in [0.2, 0.25) is 0 Å². The zero-order chi connectivity index (χ0) is 20.1. The molecule has 0 radical (unpaired) electrons. The van der Waals surface area contributed by atoms with Crippen molar-refractivity contribution in [1.29, 1.82) is 0 Å². The minimum atomic E-state index is -0.170. The summed E-state index contributed by atoms with van der Waals surface area (Å²) >= 11 is 0. The molecule has 0 bridgehead atoms. The Kier molecular flexibility index (Phi) is 5.55. The number of nitrogens with zero attached hydrogens (tertiary/aromatic N) is 2. The summed E-state index contributed by atoms with van der Waals surface area (Å²) in [6.45, 7) is 1.98. The highest BCUT2D eigenvalue weighted by Gasteiger charge is 2.07. The lowest BCUT2D eigenvalue weighted by Gasteiger charge is -2.07. The van der Waals surface area contributed by atoms with Gasteiger partial charge in [0.15, 0.2) is 0 Å². The lowest BCUT2D eigenvalue weighted by molar-refractivity contribution is 0.102. The first-order valence-corrected chi connectivity index (χ1v) is 8.59. The van der Waals surface area contributed by atoms with Crippen LogP contribution in [0.25, 0.3) is 0 Å². The number of nitrogen functional groups attached to an aromatic ring is 2. The van der Waals surface area contributed by atoms with Crippen LogP contribution in [0.5, 0.6) is 5.75 Å². The zero-order valence-corrected chi connectivity index (χ0v) is 15.6. The summed E-state index contributed by atoms with van der Waals surface area (Å²) in [4.78, 5) is 12.3. The molecule has 28 heavy (non-hydrogen) atoms. The van der Waals surface area contributed by atoms with Crippen molar-refractivity contribution in [1.82, 2.24) is 0 Å². The molecule has 0 atom stereocenters. The number of azo groups is 1. The number of carbonyl (C=O) groups excluding carboxylic acids is 1. The van der Waals surface area contributed by atoms with Crippen LogP contribution in [0, 0.1) is 6.92 Å². The Balaban J connectivity index is 1.70. The van der Waals surface area contributed by atoms with Gasteiger partial charge in [0, 0.05) is 17.3 Å². The van der Waals surface area contributed by atoms with Crippen LogP contribution in [0.3, 0.4) is 0 Å². The normalized spacial score (nSPS) is 10.8. The topological polar surface area (TPSA) is 115 Å². The first-order valence-electron chi connectivity index (χ1n) is 8.59. The van der Waals surface area contributed by atoms with E-state index in [1.165, 1.54) is 7.11 Å². The van der Waals surface area contributed by atoms with Crippen molar-refractivity contribution in [2.45, 2.75) is 6.92 Å². The van der Waals surface area contributed by atoms with E-state index in [-0.39, 0.29) is 5.91 Å². The highest BCUT2D eigenvalue weighted by atomic mass is 16.5. The molecular weight excluding hydrogens is 354 g/mol. The molecule has 7 heteroatoms. The summed E-state index contributed by atoms with van der Waals surface area (Å²) in [7, 11) is 1.52. The summed E-state index contributed by atoms with van der Waals surface area (Å²) in [6.07, 6.45) is 0. The van der Waals surface area contributed by atoms with E-state index in [1.807, 2.05) is 19.1 Å². The largest absolute Gasteiger partial charge is 0.495 e. The fourth-order valence-corrected chi connectivity index (χ4v) is 2.50. The smallest absolute Gasteiger partial charge is 0.255 e. The molecular formula is C21H21N5O2. The lowest BCUT2D eigenvalue weighted by Crippen LogP contribution is -2.11. The molecule has 3 aromatic rings. The maximum absolute atomic E-state index is 12.3. The van der Waals surface area contributed by atoms with E-state index in [2.05, 4.69) is 15.5 Å². The number of methoxy groups -OCH3 is 1. The predicted molar refractivity (Wildman–Crippen MR) is 112 cm³/mol. The van der Waals surface area contributed by atoms with Gasteiger partial charge in [-0.2, -0.15) is 5.11 Å². The number of nitrogens with one attached hydrogen (secondary N) is 1. The number of carbonyl (C=O) groups is 1. The molecule has 1 amide bonds. The molecule has 3 rings (SSSR count). The van der Waals surface area contributed by atoms with Crippen LogP contribution in [0.15, 0.2) is 70.9 Å². The Bertz CT molecular complexity index is 1010. The third kappa shape index (κ3) is 4.45. The Morgan fingerprint density at radius 3 is 2.25 bits per heavy atom. The van der Waals surface area contributed by atoms with Gasteiger partial charge in [-0.25, -0.2) is 0 Å². The number of hydrogen-bond donors (Lipinski definition) is 3. The number of nitrogens with two attached hydrogens (primary N) is 2. The average Bonchev–Trinajstić information content (AvgIpc) is 2.69. The third-order valence-corrected chi connectivity index (χ3v) is 4.09. The van der Waals surface area contributed by atoms with Crippen molar-refractivity contribution in [3.63, 3.8) is 0 Å². The second-order valence-corrected chi connectivity index (χ2v) is 6.22. The van der Waals surface area contributed by atoms with Crippen LogP contribution >= 0.6 is 0 Å². The molecule has 5 N–H and O–H groups in total. The molecule has 0 aliphatic rings. The van der Waals surface area contributed by atoms with Gasteiger partial charge in [0.25, 0.3) is 5.91 Å². The molecule has 0 heterocycles. The van der Waals surface area contributed by atoms with E-state index < -0.39 is 0 Å². The van der Waals surface area contributed by atoms with Gasteiger partial charge >= 0.3 is 0 Å². The summed E-state index contributed by atoms with van der Waals surface area (Å²) < 4.78 is 5.17. The van der Waals surface area contributed by atoms with E-state index in [4.69, 9.17) is 16.2 Å². The van der Waals surface area contributed by atoms with Gasteiger partial charge in [0.2, 0.25) is 0 Å². The summed E-state index contributed by atoms with van der Waals surface area (Å²) in [5, 5.41) is 11.2. The molecule has 0 unspecified atom stereocenters. The van der Waals surface area contributed by atoms with Crippen LogP contribution in [-0.4, -0.2) is 13.0 Å². The van der Waals surface area contributed by atoms with Crippen LogP contribution in [-0.2, 0) is 0 Å². The SMILES string of the molecule is COc1cc(/N=N/c2ccc(NC(=O)c3ccc(C)cc3)cc2)c(N)cc1N. The molecule has 0 fully saturated rings. The Morgan fingerprint density at radius 1 is 0.929 bits per heavy atom. The van der Waals surface area contributed by atoms with Crippen LogP contribution in [0.4, 0.5) is 28.4 Å². The van der Waals surface area contributed by atoms with Crippen molar-refractivity contribution in [2.24, 2.45) is 10.2 Å². The predicted octanol–water partition coefficient (Wildman–Crippen LogP) is 4.84. The Morgan fingerprint density at radius 2 is 1.61 bits per heavy atom. The van der Waals surface area contributed by atoms with Crippen molar-refractivity contribution in [3.05, 3.63) is 71.8 Å². The van der Waals surface area contributed by atoms with Crippen LogP contribution < -0.4 is 21.5 Å². The van der Waals surface area contributed by atoms with Crippen molar-refractivity contribution in [2.75, 3.05) is 23.9 Å². The molecule has 142 valence electrons. The standard InChI is InChI=1S/C21H21N5O2/c1-13-3-5-14(6-4-13)21(27)24-15-7-9-16(10-8-15)25-26-19-12-20(28-2)18(23)11-17(19)22/h3-12H,22-23H2,1-2H3,(H,24,27)/b26-25+. The molecule has 0 aromatic heterocycles. The molecule has 0 spiro atoms. The summed E-state index contributed by atoms with van der Waals surface area (Å²) in [5.41, 5.74) is 16.0. The quantitative estimate of drug-likeness (QED) is 0.437. The van der Waals surface area contributed by atoms with E-state index in [9.17, 15) is 4.79 Å². The number of anilines is 3. The van der Waals surface area contributed by atoms with Gasteiger partial charge in [-0.1, -0.05) is 17.7 Å². The first kappa shape index (κ1) is 18.9. The number of rotatable bonds is 5. The van der Waals surface area contributed by atoms with Gasteiger partial charge in [-0.05, 0) is 49.4 Å². The second kappa shape index (κ2) is 8.22. The number of amides is 1. The van der Waals surface area contributed by atoms with E-state index in [1.54, 1.807) is 48.5 Å². The van der Waals surface area contributed by atoms with Gasteiger partial charge in [0.05, 0.1) is 24.2 Å². The van der Waals surface area contributed by atoms with Gasteiger partial charge < -0.3 is 21.5 Å². The number of benzene rings is 3. The minimum absolute atomic E-state index is 0.170. The maximum atomic E-state index is 12.3. The fraction of sp³-hybridized carbons (Fsp3) is 0.0952. The number of hydrogen-bond acceptors (Lipinski definition) is 6. The molecule has 0 aliphatic carbocycles. The highest BCUT2D eigenvalue weighted by Crippen LogP contribution is 2.34. The van der Waals surface area contributed by atoms with Crippen molar-refractivity contribution in [3.8, 4) is 5.75 Å². The molecule has 0 saturated heterocycles. The summed E-state index contributed by atoms with van der Waals surface area (Å²) in [5.74, 6) is 0.313. The molecule has 3 aromatic carbocycles. The molecule has 0 aliphatic heterocycles. The second-order valence-electron chi connectivity index (χ2n) is 6.22. The number of aryl methyl sites for hydroxylation is 1. The minimum Gasteiger partial charge on any atom is -0.495 e. The van der Waals surface area contributed by atoms with Gasteiger partial charge in [-0.15, -0.1) is 5.11 Å². The third-order valence-electron chi connectivity index (χ3n) is 4.09. The highest BCUT2D eigenvalue weighted by molar-refractivity contribution is 6.04. The van der Waals surface area contributed by atoms with E-state index in [0.717, 1.165) is 5.56 Å². The zero-order valence-electron chi connectivity index (χ0n) is 15.6. The molecule has 0 saturated carbocycles. The van der Waals surface area contributed by atoms with Gasteiger partial charge in [-0.3, -0.25) is 4.79 Å². The first-order chi connectivity index (χ1) is 13.5. The Labute approximate surface area is 163 Å². The fourth-order valence-electron chi connectivity index (χ4n) is 2.50. The molecule has 7 nitrogen and oxygen atoms in total. The van der Waals surface area contributed by atoms with Crippen LogP contribution in [0.1, 0.15) is 15.9 Å². The Hall–Kier alpha value is -3.87. The van der Waals surface area contributed by atoms with E-state index in [0.29, 0.717) is 39.7 Å². The van der Waals surface area contributed by atoms with Crippen molar-refractivity contribution >= 4 is 34.3 Å². The van der Waals surface area contributed by atoms with Gasteiger partial charge in [0.1, 0.15) is 11.4 Å². The van der Waals surface area contributed by atoms with E-state index >= 15 is 0 Å².